The highest BCUT2D eigenvalue weighted by Crippen LogP contribution is 2.19. The number of fused-ring (bicyclic) bond motifs is 1. The highest BCUT2D eigenvalue weighted by atomic mass is 16.5. The number of hydrogen-bond acceptors (Lipinski definition) is 3. The Morgan fingerprint density at radius 3 is 3.17 bits per heavy atom. The summed E-state index contributed by atoms with van der Waals surface area (Å²) in [6.45, 7) is 1.41. The molecule has 1 saturated heterocycles. The van der Waals surface area contributed by atoms with E-state index in [0.717, 1.165) is 30.6 Å². The first-order chi connectivity index (χ1) is 8.83. The third-order valence-electron chi connectivity index (χ3n) is 3.20. The number of hydrogen-bond donors (Lipinski definition) is 1. The number of aromatic amines is 1. The summed E-state index contributed by atoms with van der Waals surface area (Å²) < 4.78 is 11.2. The summed E-state index contributed by atoms with van der Waals surface area (Å²) in [7, 11) is 0. The Bertz CT molecular complexity index is 599. The van der Waals surface area contributed by atoms with E-state index < -0.39 is 0 Å². The van der Waals surface area contributed by atoms with E-state index in [1.54, 1.807) is 12.3 Å². The first-order valence-electron chi connectivity index (χ1n) is 6.19. The predicted molar refractivity (Wildman–Crippen MR) is 69.0 cm³/mol. The molecule has 18 heavy (non-hydrogen) atoms. The van der Waals surface area contributed by atoms with Gasteiger partial charge in [0, 0.05) is 18.2 Å². The Labute approximate surface area is 105 Å². The second-order valence-electron chi connectivity index (χ2n) is 4.50. The molecule has 0 unspecified atom stereocenters. The Kier molecular flexibility index (Phi) is 3.02. The van der Waals surface area contributed by atoms with Crippen LogP contribution in [0.1, 0.15) is 12.8 Å². The summed E-state index contributed by atoms with van der Waals surface area (Å²) in [4.78, 5) is 14.2. The minimum absolute atomic E-state index is 0.0711. The second kappa shape index (κ2) is 4.82. The first-order valence-corrected chi connectivity index (χ1v) is 6.19. The topological polar surface area (TPSA) is 51.3 Å². The van der Waals surface area contributed by atoms with Crippen molar-refractivity contribution in [3.63, 3.8) is 0 Å². The van der Waals surface area contributed by atoms with Crippen molar-refractivity contribution in [2.45, 2.75) is 18.9 Å². The molecule has 4 heteroatoms. The van der Waals surface area contributed by atoms with Gasteiger partial charge in [0.2, 0.25) is 0 Å². The Morgan fingerprint density at radius 1 is 1.39 bits per heavy atom. The van der Waals surface area contributed by atoms with E-state index in [-0.39, 0.29) is 11.7 Å². The fourth-order valence-electron chi connectivity index (χ4n) is 2.23. The third kappa shape index (κ3) is 2.24. The van der Waals surface area contributed by atoms with E-state index in [2.05, 4.69) is 4.98 Å². The molecule has 94 valence electrons. The van der Waals surface area contributed by atoms with E-state index in [9.17, 15) is 4.79 Å². The molecule has 0 aliphatic carbocycles. The maximum Gasteiger partial charge on any atom is 0.255 e. The SMILES string of the molecule is O=c1[nH]ccc2cc(OC[C@@H]3CCCO3)ccc12. The molecule has 0 amide bonds. The van der Waals surface area contributed by atoms with Gasteiger partial charge in [0.05, 0.1) is 6.10 Å². The van der Waals surface area contributed by atoms with Crippen molar-refractivity contribution in [2.75, 3.05) is 13.2 Å². The van der Waals surface area contributed by atoms with Gasteiger partial charge in [0.15, 0.2) is 0 Å². The van der Waals surface area contributed by atoms with Crippen LogP contribution in [0, 0.1) is 0 Å². The maximum absolute atomic E-state index is 11.5. The van der Waals surface area contributed by atoms with E-state index in [1.807, 2.05) is 18.2 Å². The van der Waals surface area contributed by atoms with E-state index in [0.29, 0.717) is 12.0 Å². The molecule has 4 nitrogen and oxygen atoms in total. The molecule has 1 aromatic heterocycles. The van der Waals surface area contributed by atoms with Gasteiger partial charge in [0.25, 0.3) is 5.56 Å². The minimum atomic E-state index is -0.0711. The monoisotopic (exact) mass is 245 g/mol. The smallest absolute Gasteiger partial charge is 0.255 e. The van der Waals surface area contributed by atoms with Crippen LogP contribution in [0.25, 0.3) is 10.8 Å². The standard InChI is InChI=1S/C14H15NO3/c16-14-13-4-3-11(8-10(13)5-6-15-14)18-9-12-2-1-7-17-12/h3-6,8,12H,1-2,7,9H2,(H,15,16)/t12-/m0/s1. The molecule has 1 fully saturated rings. The van der Waals surface area contributed by atoms with Crippen molar-refractivity contribution >= 4 is 10.8 Å². The fourth-order valence-corrected chi connectivity index (χ4v) is 2.23. The molecule has 0 spiro atoms. The summed E-state index contributed by atoms with van der Waals surface area (Å²) in [6, 6.07) is 7.38. The van der Waals surface area contributed by atoms with Crippen LogP contribution in [0.15, 0.2) is 35.3 Å². The second-order valence-corrected chi connectivity index (χ2v) is 4.50. The Hall–Kier alpha value is -1.81. The van der Waals surface area contributed by atoms with E-state index in [1.165, 1.54) is 0 Å². The van der Waals surface area contributed by atoms with E-state index >= 15 is 0 Å². The van der Waals surface area contributed by atoms with Gasteiger partial charge >= 0.3 is 0 Å². The predicted octanol–water partition coefficient (Wildman–Crippen LogP) is 2.09. The van der Waals surface area contributed by atoms with Crippen LogP contribution in [-0.4, -0.2) is 24.3 Å². The molecule has 1 atom stereocenters. The molecule has 1 aromatic carbocycles. The number of ether oxygens (including phenoxy) is 2. The average molecular weight is 245 g/mol. The van der Waals surface area contributed by atoms with Gasteiger partial charge in [-0.1, -0.05) is 0 Å². The summed E-state index contributed by atoms with van der Waals surface area (Å²) in [5, 5.41) is 1.57. The maximum atomic E-state index is 11.5. The Morgan fingerprint density at radius 2 is 2.33 bits per heavy atom. The van der Waals surface area contributed by atoms with Crippen molar-refractivity contribution in [1.29, 1.82) is 0 Å². The molecule has 2 aromatic rings. The molecule has 3 rings (SSSR count). The van der Waals surface area contributed by atoms with Crippen LogP contribution >= 0.6 is 0 Å². The summed E-state index contributed by atoms with van der Waals surface area (Å²) in [5.74, 6) is 0.781. The highest BCUT2D eigenvalue weighted by Gasteiger charge is 2.15. The Balaban J connectivity index is 1.78. The van der Waals surface area contributed by atoms with Crippen molar-refractivity contribution in [1.82, 2.24) is 4.98 Å². The molecule has 0 radical (unpaired) electrons. The van der Waals surface area contributed by atoms with Crippen LogP contribution in [0.3, 0.4) is 0 Å². The van der Waals surface area contributed by atoms with Gasteiger partial charge < -0.3 is 14.5 Å². The average Bonchev–Trinajstić information content (AvgIpc) is 2.90. The summed E-state index contributed by atoms with van der Waals surface area (Å²) in [5.41, 5.74) is -0.0711. The molecule has 2 heterocycles. The normalized spacial score (nSPS) is 19.2. The van der Waals surface area contributed by atoms with Gasteiger partial charge in [-0.3, -0.25) is 4.79 Å². The lowest BCUT2D eigenvalue weighted by atomic mass is 10.2. The van der Waals surface area contributed by atoms with Gasteiger partial charge in [-0.05, 0) is 42.5 Å². The lowest BCUT2D eigenvalue weighted by Crippen LogP contribution is -2.16. The van der Waals surface area contributed by atoms with Crippen LogP contribution < -0.4 is 10.3 Å². The number of benzene rings is 1. The van der Waals surface area contributed by atoms with Crippen LogP contribution in [0.2, 0.25) is 0 Å². The summed E-state index contributed by atoms with van der Waals surface area (Å²) >= 11 is 0. The van der Waals surface area contributed by atoms with Crippen molar-refractivity contribution in [3.05, 3.63) is 40.8 Å². The zero-order valence-corrected chi connectivity index (χ0v) is 10.0. The van der Waals surface area contributed by atoms with Crippen molar-refractivity contribution in [3.8, 4) is 5.75 Å². The van der Waals surface area contributed by atoms with Gasteiger partial charge in [-0.2, -0.15) is 0 Å². The van der Waals surface area contributed by atoms with Crippen molar-refractivity contribution in [2.24, 2.45) is 0 Å². The third-order valence-corrected chi connectivity index (χ3v) is 3.20. The zero-order chi connectivity index (χ0) is 12.4. The van der Waals surface area contributed by atoms with Gasteiger partial charge in [-0.25, -0.2) is 0 Å². The molecular weight excluding hydrogens is 230 g/mol. The van der Waals surface area contributed by atoms with Crippen LogP contribution in [0.5, 0.6) is 5.75 Å². The molecule has 1 N–H and O–H groups in total. The number of pyridine rings is 1. The molecule has 1 aliphatic rings. The van der Waals surface area contributed by atoms with Crippen molar-refractivity contribution < 1.29 is 9.47 Å². The fraction of sp³-hybridized carbons (Fsp3) is 0.357. The lowest BCUT2D eigenvalue weighted by molar-refractivity contribution is 0.0680. The summed E-state index contributed by atoms with van der Waals surface area (Å²) in [6.07, 6.45) is 4.03. The largest absolute Gasteiger partial charge is 0.491 e. The quantitative estimate of drug-likeness (QED) is 0.900. The number of rotatable bonds is 3. The van der Waals surface area contributed by atoms with Gasteiger partial charge in [0.1, 0.15) is 12.4 Å². The highest BCUT2D eigenvalue weighted by molar-refractivity contribution is 5.82. The number of nitrogens with one attached hydrogen (secondary N) is 1. The number of aromatic nitrogens is 1. The van der Waals surface area contributed by atoms with Crippen LogP contribution in [0.4, 0.5) is 0 Å². The van der Waals surface area contributed by atoms with E-state index in [4.69, 9.17) is 9.47 Å². The molecule has 0 bridgehead atoms. The lowest BCUT2D eigenvalue weighted by Gasteiger charge is -2.11. The minimum Gasteiger partial charge on any atom is -0.491 e. The molecule has 0 saturated carbocycles. The van der Waals surface area contributed by atoms with Crippen LogP contribution in [-0.2, 0) is 4.74 Å². The number of H-pyrrole nitrogens is 1. The molecule has 1 aliphatic heterocycles. The first kappa shape index (κ1) is 11.3. The van der Waals surface area contributed by atoms with Gasteiger partial charge in [-0.15, -0.1) is 0 Å². The molecular formula is C14H15NO3. The zero-order valence-electron chi connectivity index (χ0n) is 10.0.